The Morgan fingerprint density at radius 1 is 1.55 bits per heavy atom. The first-order chi connectivity index (χ1) is 4.95. The van der Waals surface area contributed by atoms with Crippen molar-refractivity contribution in [1.82, 2.24) is 4.90 Å². The third-order valence-electron chi connectivity index (χ3n) is 1.94. The number of rotatable bonds is 3. The molecule has 64 valence electrons. The van der Waals surface area contributed by atoms with Gasteiger partial charge in [-0.3, -0.25) is 14.5 Å². The largest absolute Gasteiger partial charge is 0.288 e. The summed E-state index contributed by atoms with van der Waals surface area (Å²) in [5.74, 6) is -0.130. The molecule has 0 N–H and O–H groups in total. The molecule has 0 atom stereocenters. The molecule has 3 heteroatoms. The zero-order valence-corrected chi connectivity index (χ0v) is 7.55. The number of carbonyl (C=O) groups is 2. The average Bonchev–Trinajstić information content (AvgIpc) is 2.01. The molecule has 0 aliphatic rings. The molecule has 0 aromatic carbocycles. The molecule has 3 nitrogen and oxygen atoms in total. The predicted octanol–water partition coefficient (Wildman–Crippen LogP) is 1.04. The molecule has 0 aromatic heterocycles. The summed E-state index contributed by atoms with van der Waals surface area (Å²) in [5.41, 5.74) is -0.421. The van der Waals surface area contributed by atoms with E-state index in [1.54, 1.807) is 0 Å². The number of hydrogen-bond acceptors (Lipinski definition) is 2. The third kappa shape index (κ3) is 2.33. The van der Waals surface area contributed by atoms with Gasteiger partial charge >= 0.3 is 0 Å². The second-order valence-electron chi connectivity index (χ2n) is 3.26. The highest BCUT2D eigenvalue weighted by Crippen LogP contribution is 2.21. The van der Waals surface area contributed by atoms with Crippen LogP contribution in [-0.4, -0.2) is 24.3 Å². The molecule has 0 heterocycles. The van der Waals surface area contributed by atoms with Crippen molar-refractivity contribution in [2.75, 3.05) is 7.05 Å². The van der Waals surface area contributed by atoms with Gasteiger partial charge in [-0.1, -0.05) is 20.8 Å². The Bertz CT molecular complexity index is 163. The van der Waals surface area contributed by atoms with Crippen molar-refractivity contribution in [1.29, 1.82) is 0 Å². The van der Waals surface area contributed by atoms with E-state index in [0.717, 1.165) is 11.3 Å². The molecular formula is C8H15NO2. The van der Waals surface area contributed by atoms with Crippen LogP contribution in [0.2, 0.25) is 0 Å². The Kier molecular flexibility index (Phi) is 3.23. The lowest BCUT2D eigenvalue weighted by atomic mass is 9.89. The number of carbonyl (C=O) groups excluding carboxylic acids is 2. The van der Waals surface area contributed by atoms with E-state index < -0.39 is 5.41 Å². The van der Waals surface area contributed by atoms with Gasteiger partial charge in [0.1, 0.15) is 0 Å². The molecule has 0 aliphatic carbocycles. The second-order valence-corrected chi connectivity index (χ2v) is 3.26. The smallest absolute Gasteiger partial charge is 0.234 e. The van der Waals surface area contributed by atoms with Crippen LogP contribution in [0.15, 0.2) is 0 Å². The minimum absolute atomic E-state index is 0.130. The summed E-state index contributed by atoms with van der Waals surface area (Å²) < 4.78 is 0. The monoisotopic (exact) mass is 157 g/mol. The lowest BCUT2D eigenvalue weighted by Gasteiger charge is -2.24. The Balaban J connectivity index is 4.34. The average molecular weight is 157 g/mol. The van der Waals surface area contributed by atoms with Gasteiger partial charge in [0.15, 0.2) is 0 Å². The van der Waals surface area contributed by atoms with E-state index >= 15 is 0 Å². The summed E-state index contributed by atoms with van der Waals surface area (Å²) in [7, 11) is 1.48. The van der Waals surface area contributed by atoms with Gasteiger partial charge in [-0.25, -0.2) is 0 Å². The van der Waals surface area contributed by atoms with Crippen molar-refractivity contribution < 1.29 is 9.59 Å². The Morgan fingerprint density at radius 3 is 2.27 bits per heavy atom. The van der Waals surface area contributed by atoms with E-state index in [4.69, 9.17) is 0 Å². The van der Waals surface area contributed by atoms with Crippen molar-refractivity contribution >= 4 is 12.3 Å². The maximum Gasteiger partial charge on any atom is 0.234 e. The fraction of sp³-hybridized carbons (Fsp3) is 0.750. The SMILES string of the molecule is CCC(C)(C)C(=O)N(C)C=O. The number of nitrogens with zero attached hydrogens (tertiary/aromatic N) is 1. The van der Waals surface area contributed by atoms with Gasteiger partial charge in [0.05, 0.1) is 0 Å². The molecular weight excluding hydrogens is 142 g/mol. The predicted molar refractivity (Wildman–Crippen MR) is 42.9 cm³/mol. The first-order valence-electron chi connectivity index (χ1n) is 3.68. The van der Waals surface area contributed by atoms with Gasteiger partial charge in [0, 0.05) is 12.5 Å². The Labute approximate surface area is 67.4 Å². The standard InChI is InChI=1S/C8H15NO2/c1-5-8(2,3)7(11)9(4)6-10/h6H,5H2,1-4H3. The van der Waals surface area contributed by atoms with Crippen LogP contribution in [0.4, 0.5) is 0 Å². The number of amides is 2. The van der Waals surface area contributed by atoms with Crippen LogP contribution in [0.3, 0.4) is 0 Å². The number of imide groups is 1. The van der Waals surface area contributed by atoms with Crippen LogP contribution in [0.1, 0.15) is 27.2 Å². The summed E-state index contributed by atoms with van der Waals surface area (Å²) in [6.45, 7) is 5.58. The molecule has 0 bridgehead atoms. The van der Waals surface area contributed by atoms with Crippen LogP contribution >= 0.6 is 0 Å². The Morgan fingerprint density at radius 2 is 2.00 bits per heavy atom. The molecule has 0 saturated heterocycles. The van der Waals surface area contributed by atoms with Crippen LogP contribution in [0, 0.1) is 5.41 Å². The fourth-order valence-corrected chi connectivity index (χ4v) is 0.677. The van der Waals surface area contributed by atoms with Crippen molar-refractivity contribution in [2.24, 2.45) is 5.41 Å². The van der Waals surface area contributed by atoms with Gasteiger partial charge in [0.25, 0.3) is 0 Å². The molecule has 0 spiro atoms. The fourth-order valence-electron chi connectivity index (χ4n) is 0.677. The molecule has 0 aliphatic heterocycles. The van der Waals surface area contributed by atoms with Crippen molar-refractivity contribution in [3.63, 3.8) is 0 Å². The molecule has 0 unspecified atom stereocenters. The molecule has 0 rings (SSSR count). The lowest BCUT2D eigenvalue weighted by molar-refractivity contribution is -0.143. The van der Waals surface area contributed by atoms with Crippen LogP contribution in [-0.2, 0) is 9.59 Å². The van der Waals surface area contributed by atoms with Gasteiger partial charge < -0.3 is 0 Å². The summed E-state index contributed by atoms with van der Waals surface area (Å²) >= 11 is 0. The van der Waals surface area contributed by atoms with Gasteiger partial charge in [0.2, 0.25) is 12.3 Å². The second kappa shape index (κ2) is 3.51. The topological polar surface area (TPSA) is 37.4 Å². The van der Waals surface area contributed by atoms with E-state index in [2.05, 4.69) is 0 Å². The maximum absolute atomic E-state index is 11.3. The highest BCUT2D eigenvalue weighted by molar-refractivity contribution is 5.89. The summed E-state index contributed by atoms with van der Waals surface area (Å²) in [4.78, 5) is 22.6. The zero-order valence-electron chi connectivity index (χ0n) is 7.55. The van der Waals surface area contributed by atoms with E-state index in [1.165, 1.54) is 7.05 Å². The molecule has 0 aromatic rings. The summed E-state index contributed by atoms with van der Waals surface area (Å²) in [6, 6.07) is 0. The van der Waals surface area contributed by atoms with E-state index in [-0.39, 0.29) is 5.91 Å². The summed E-state index contributed by atoms with van der Waals surface area (Å²) in [5, 5.41) is 0. The van der Waals surface area contributed by atoms with E-state index in [1.807, 2.05) is 20.8 Å². The maximum atomic E-state index is 11.3. The molecule has 11 heavy (non-hydrogen) atoms. The number of hydrogen-bond donors (Lipinski definition) is 0. The van der Waals surface area contributed by atoms with Crippen LogP contribution in [0.25, 0.3) is 0 Å². The minimum atomic E-state index is -0.421. The first kappa shape index (κ1) is 10.1. The van der Waals surface area contributed by atoms with Gasteiger partial charge in [-0.05, 0) is 6.42 Å². The van der Waals surface area contributed by atoms with Crippen molar-refractivity contribution in [2.45, 2.75) is 27.2 Å². The van der Waals surface area contributed by atoms with E-state index in [9.17, 15) is 9.59 Å². The molecule has 0 saturated carbocycles. The normalized spacial score (nSPS) is 10.9. The van der Waals surface area contributed by atoms with Crippen molar-refractivity contribution in [3.05, 3.63) is 0 Å². The molecule has 0 radical (unpaired) electrons. The lowest BCUT2D eigenvalue weighted by Crippen LogP contribution is -2.37. The van der Waals surface area contributed by atoms with Gasteiger partial charge in [-0.15, -0.1) is 0 Å². The van der Waals surface area contributed by atoms with Crippen LogP contribution < -0.4 is 0 Å². The highest BCUT2D eigenvalue weighted by atomic mass is 16.2. The minimum Gasteiger partial charge on any atom is -0.288 e. The van der Waals surface area contributed by atoms with E-state index in [0.29, 0.717) is 6.41 Å². The summed E-state index contributed by atoms with van der Waals surface area (Å²) in [6.07, 6.45) is 1.28. The third-order valence-corrected chi connectivity index (χ3v) is 1.94. The quantitative estimate of drug-likeness (QED) is 0.574. The zero-order chi connectivity index (χ0) is 9.07. The first-order valence-corrected chi connectivity index (χ1v) is 3.68. The Hall–Kier alpha value is -0.860. The van der Waals surface area contributed by atoms with Gasteiger partial charge in [-0.2, -0.15) is 0 Å². The molecule has 0 fully saturated rings. The van der Waals surface area contributed by atoms with Crippen molar-refractivity contribution in [3.8, 4) is 0 Å². The molecule has 2 amide bonds. The highest BCUT2D eigenvalue weighted by Gasteiger charge is 2.27. The van der Waals surface area contributed by atoms with Crippen LogP contribution in [0.5, 0.6) is 0 Å².